The number of hydrogen-bond donors (Lipinski definition) is 0. The van der Waals surface area contributed by atoms with Crippen molar-refractivity contribution < 1.29 is 4.92 Å². The average Bonchev–Trinajstić information content (AvgIpc) is 2.37. The van der Waals surface area contributed by atoms with Crippen molar-refractivity contribution in [1.82, 2.24) is 0 Å². The van der Waals surface area contributed by atoms with Gasteiger partial charge in [-0.05, 0) is 57.6 Å². The molecule has 0 unspecified atom stereocenters. The summed E-state index contributed by atoms with van der Waals surface area (Å²) in [7, 11) is 0. The fraction of sp³-hybridized carbons (Fsp3) is 0.412. The van der Waals surface area contributed by atoms with Gasteiger partial charge in [-0.1, -0.05) is 41.5 Å². The standard InChI is InChI=1S/C17H23NO2/c1-15(13-17-11-8-10-16(2)14-17)9-6-4-3-5-7-12-18(19)20/h7-12,14H,3-6,13H2,1-2H3/b12-7+,15-9+. The molecule has 0 fully saturated rings. The Morgan fingerprint density at radius 1 is 1.30 bits per heavy atom. The highest BCUT2D eigenvalue weighted by Crippen LogP contribution is 2.11. The molecule has 0 aromatic heterocycles. The Labute approximate surface area is 121 Å². The Morgan fingerprint density at radius 2 is 2.05 bits per heavy atom. The van der Waals surface area contributed by atoms with Crippen LogP contribution in [0.5, 0.6) is 0 Å². The van der Waals surface area contributed by atoms with Gasteiger partial charge in [0, 0.05) is 0 Å². The third-order valence-corrected chi connectivity index (χ3v) is 3.11. The molecule has 1 aromatic carbocycles. The van der Waals surface area contributed by atoms with Gasteiger partial charge in [0.05, 0.1) is 4.92 Å². The molecule has 108 valence electrons. The van der Waals surface area contributed by atoms with E-state index in [4.69, 9.17) is 0 Å². The molecule has 0 saturated heterocycles. The maximum absolute atomic E-state index is 10.1. The molecule has 0 radical (unpaired) electrons. The van der Waals surface area contributed by atoms with Gasteiger partial charge in [0.15, 0.2) is 0 Å². The SMILES string of the molecule is C/C(=C\CCCC/C=C/[N+](=O)[O-])Cc1cccc(C)c1. The van der Waals surface area contributed by atoms with Crippen LogP contribution in [0.4, 0.5) is 0 Å². The zero-order valence-corrected chi connectivity index (χ0v) is 12.3. The molecular weight excluding hydrogens is 250 g/mol. The van der Waals surface area contributed by atoms with Gasteiger partial charge in [-0.15, -0.1) is 0 Å². The van der Waals surface area contributed by atoms with Gasteiger partial charge in [0.1, 0.15) is 0 Å². The highest BCUT2D eigenvalue weighted by Gasteiger charge is 1.95. The van der Waals surface area contributed by atoms with Crippen molar-refractivity contribution in [2.24, 2.45) is 0 Å². The third kappa shape index (κ3) is 7.52. The second kappa shape index (κ2) is 9.08. The lowest BCUT2D eigenvalue weighted by Crippen LogP contribution is -1.88. The average molecular weight is 273 g/mol. The lowest BCUT2D eigenvalue weighted by molar-refractivity contribution is -0.402. The van der Waals surface area contributed by atoms with Crippen LogP contribution in [0.2, 0.25) is 0 Å². The fourth-order valence-corrected chi connectivity index (χ4v) is 2.13. The van der Waals surface area contributed by atoms with Crippen molar-refractivity contribution in [1.29, 1.82) is 0 Å². The molecule has 0 atom stereocenters. The Bertz CT molecular complexity index is 490. The molecule has 0 saturated carbocycles. The van der Waals surface area contributed by atoms with E-state index in [-0.39, 0.29) is 0 Å². The van der Waals surface area contributed by atoms with Gasteiger partial charge in [0.25, 0.3) is 0 Å². The van der Waals surface area contributed by atoms with Crippen LogP contribution in [-0.2, 0) is 6.42 Å². The smallest absolute Gasteiger partial charge is 0.230 e. The Morgan fingerprint density at radius 3 is 2.75 bits per heavy atom. The first kappa shape index (κ1) is 16.2. The van der Waals surface area contributed by atoms with Gasteiger partial charge in [-0.2, -0.15) is 0 Å². The van der Waals surface area contributed by atoms with Crippen molar-refractivity contribution in [3.63, 3.8) is 0 Å². The van der Waals surface area contributed by atoms with Crippen molar-refractivity contribution in [3.05, 3.63) is 69.4 Å². The molecule has 0 bridgehead atoms. The summed E-state index contributed by atoms with van der Waals surface area (Å²) in [5, 5.41) is 10.1. The molecule has 1 rings (SSSR count). The quantitative estimate of drug-likeness (QED) is 0.294. The van der Waals surface area contributed by atoms with E-state index in [0.717, 1.165) is 38.3 Å². The highest BCUT2D eigenvalue weighted by atomic mass is 16.6. The number of benzene rings is 1. The zero-order chi connectivity index (χ0) is 14.8. The normalized spacial score (nSPS) is 12.0. The molecular formula is C17H23NO2. The second-order valence-electron chi connectivity index (χ2n) is 5.17. The van der Waals surface area contributed by atoms with E-state index in [1.807, 2.05) is 0 Å². The number of rotatable bonds is 8. The number of nitrogens with zero attached hydrogens (tertiary/aromatic N) is 1. The summed E-state index contributed by atoms with van der Waals surface area (Å²) in [6, 6.07) is 8.59. The van der Waals surface area contributed by atoms with Gasteiger partial charge >= 0.3 is 0 Å². The van der Waals surface area contributed by atoms with E-state index in [1.165, 1.54) is 16.7 Å². The molecule has 0 N–H and O–H groups in total. The highest BCUT2D eigenvalue weighted by molar-refractivity contribution is 5.25. The lowest BCUT2D eigenvalue weighted by Gasteiger charge is -2.03. The largest absolute Gasteiger partial charge is 0.259 e. The zero-order valence-electron chi connectivity index (χ0n) is 12.3. The molecule has 0 amide bonds. The Kier molecular flexibility index (Phi) is 7.33. The molecule has 20 heavy (non-hydrogen) atoms. The van der Waals surface area contributed by atoms with Gasteiger partial charge in [-0.25, -0.2) is 0 Å². The molecule has 0 spiro atoms. The molecule has 0 aliphatic heterocycles. The Hall–Kier alpha value is -1.90. The summed E-state index contributed by atoms with van der Waals surface area (Å²) in [4.78, 5) is 9.67. The topological polar surface area (TPSA) is 43.1 Å². The van der Waals surface area contributed by atoms with E-state index in [2.05, 4.69) is 44.2 Å². The monoisotopic (exact) mass is 273 g/mol. The first-order valence-electron chi connectivity index (χ1n) is 7.09. The summed E-state index contributed by atoms with van der Waals surface area (Å²) in [6.07, 6.45) is 9.84. The van der Waals surface area contributed by atoms with Crippen molar-refractivity contribution in [2.75, 3.05) is 0 Å². The van der Waals surface area contributed by atoms with Crippen molar-refractivity contribution >= 4 is 0 Å². The number of hydrogen-bond acceptors (Lipinski definition) is 2. The van der Waals surface area contributed by atoms with Crippen LogP contribution in [-0.4, -0.2) is 4.92 Å². The molecule has 0 heterocycles. The van der Waals surface area contributed by atoms with E-state index in [0.29, 0.717) is 0 Å². The van der Waals surface area contributed by atoms with Gasteiger partial charge < -0.3 is 0 Å². The predicted molar refractivity (Wildman–Crippen MR) is 83.2 cm³/mol. The minimum atomic E-state index is -0.411. The number of nitro groups is 1. The predicted octanol–water partition coefficient (Wildman–Crippen LogP) is 4.83. The van der Waals surface area contributed by atoms with Crippen LogP contribution in [0, 0.1) is 17.0 Å². The summed E-state index contributed by atoms with van der Waals surface area (Å²) in [5.74, 6) is 0. The number of aryl methyl sites for hydroxylation is 1. The van der Waals surface area contributed by atoms with Crippen LogP contribution in [0.15, 0.2) is 48.2 Å². The molecule has 0 aliphatic carbocycles. The fourth-order valence-electron chi connectivity index (χ4n) is 2.13. The minimum absolute atomic E-state index is 0.411. The maximum atomic E-state index is 10.1. The van der Waals surface area contributed by atoms with E-state index >= 15 is 0 Å². The summed E-state index contributed by atoms with van der Waals surface area (Å²) < 4.78 is 0. The lowest BCUT2D eigenvalue weighted by atomic mass is 10.0. The van der Waals surface area contributed by atoms with Gasteiger partial charge in [0.2, 0.25) is 6.20 Å². The van der Waals surface area contributed by atoms with Crippen LogP contribution in [0.1, 0.15) is 43.7 Å². The van der Waals surface area contributed by atoms with Crippen molar-refractivity contribution in [3.8, 4) is 0 Å². The third-order valence-electron chi connectivity index (χ3n) is 3.11. The summed E-state index contributed by atoms with van der Waals surface area (Å²) >= 11 is 0. The van der Waals surface area contributed by atoms with Crippen molar-refractivity contribution in [2.45, 2.75) is 46.0 Å². The second-order valence-corrected chi connectivity index (χ2v) is 5.17. The Balaban J connectivity index is 2.23. The molecule has 1 aromatic rings. The molecule has 3 heteroatoms. The minimum Gasteiger partial charge on any atom is -0.259 e. The number of unbranched alkanes of at least 4 members (excludes halogenated alkanes) is 3. The van der Waals surface area contributed by atoms with E-state index in [1.54, 1.807) is 6.08 Å². The molecule has 0 aliphatic rings. The maximum Gasteiger partial charge on any atom is 0.230 e. The first-order valence-corrected chi connectivity index (χ1v) is 7.09. The van der Waals surface area contributed by atoms with E-state index < -0.39 is 4.92 Å². The van der Waals surface area contributed by atoms with Crippen LogP contribution >= 0.6 is 0 Å². The first-order chi connectivity index (χ1) is 9.58. The molecule has 3 nitrogen and oxygen atoms in total. The van der Waals surface area contributed by atoms with Crippen LogP contribution < -0.4 is 0 Å². The van der Waals surface area contributed by atoms with Gasteiger partial charge in [-0.3, -0.25) is 10.1 Å². The summed E-state index contributed by atoms with van der Waals surface area (Å²) in [6.45, 7) is 4.27. The number of allylic oxidation sites excluding steroid dienone is 3. The van der Waals surface area contributed by atoms with Crippen LogP contribution in [0.3, 0.4) is 0 Å². The van der Waals surface area contributed by atoms with Crippen LogP contribution in [0.25, 0.3) is 0 Å². The van der Waals surface area contributed by atoms with E-state index in [9.17, 15) is 10.1 Å². The summed E-state index contributed by atoms with van der Waals surface area (Å²) in [5.41, 5.74) is 4.04.